The van der Waals surface area contributed by atoms with Crippen molar-refractivity contribution in [2.75, 3.05) is 25.5 Å². The van der Waals surface area contributed by atoms with E-state index >= 15 is 0 Å². The Kier molecular flexibility index (Phi) is 5.62. The van der Waals surface area contributed by atoms with Crippen LogP contribution >= 0.6 is 11.6 Å². The number of halogens is 1. The molecule has 5 heteroatoms. The molecule has 1 aromatic rings. The first-order valence-electron chi connectivity index (χ1n) is 7.47. The van der Waals surface area contributed by atoms with E-state index in [1.165, 1.54) is 12.8 Å². The van der Waals surface area contributed by atoms with E-state index in [1.54, 1.807) is 6.07 Å². The highest BCUT2D eigenvalue weighted by Gasteiger charge is 2.30. The highest BCUT2D eigenvalue weighted by atomic mass is 35.5. The molecule has 1 amide bonds. The molecule has 0 aromatic heterocycles. The van der Waals surface area contributed by atoms with Crippen LogP contribution in [0.5, 0.6) is 0 Å². The summed E-state index contributed by atoms with van der Waals surface area (Å²) in [4.78, 5) is 14.3. The first-order valence-corrected chi connectivity index (χ1v) is 7.85. The Bertz CT molecular complexity index is 506. The Balaban J connectivity index is 1.92. The van der Waals surface area contributed by atoms with Gasteiger partial charge in [0.15, 0.2) is 0 Å². The third-order valence-electron chi connectivity index (χ3n) is 4.34. The van der Waals surface area contributed by atoms with Crippen LogP contribution in [0, 0.1) is 12.8 Å². The number of likely N-dealkylation sites (N-methyl/N-ethyl adjacent to an activating group) is 1. The number of anilines is 1. The van der Waals surface area contributed by atoms with Crippen LogP contribution in [0.15, 0.2) is 18.2 Å². The van der Waals surface area contributed by atoms with Crippen LogP contribution in [-0.2, 0) is 4.79 Å². The fraction of sp³-hybridized carbons (Fsp3) is 0.562. The van der Waals surface area contributed by atoms with E-state index in [0.717, 1.165) is 17.7 Å². The summed E-state index contributed by atoms with van der Waals surface area (Å²) in [6.45, 7) is 3.03. The zero-order chi connectivity index (χ0) is 15.4. The van der Waals surface area contributed by atoms with Crippen LogP contribution in [0.1, 0.15) is 24.8 Å². The van der Waals surface area contributed by atoms with E-state index < -0.39 is 0 Å². The lowest BCUT2D eigenvalue weighted by molar-refractivity contribution is -0.117. The molecule has 116 valence electrons. The van der Waals surface area contributed by atoms with Crippen LogP contribution in [0.4, 0.5) is 5.69 Å². The Labute approximate surface area is 131 Å². The topological polar surface area (TPSA) is 58.4 Å². The number of nitrogens with zero attached hydrogens (tertiary/aromatic N) is 1. The Morgan fingerprint density at radius 2 is 2.24 bits per heavy atom. The summed E-state index contributed by atoms with van der Waals surface area (Å²) in [6, 6.07) is 5.90. The van der Waals surface area contributed by atoms with Crippen molar-refractivity contribution in [2.45, 2.75) is 32.2 Å². The van der Waals surface area contributed by atoms with Crippen LogP contribution in [-0.4, -0.2) is 37.0 Å². The van der Waals surface area contributed by atoms with Crippen molar-refractivity contribution >= 4 is 23.2 Å². The smallest absolute Gasteiger partial charge is 0.238 e. The second-order valence-electron chi connectivity index (χ2n) is 5.92. The van der Waals surface area contributed by atoms with Gasteiger partial charge in [0.25, 0.3) is 0 Å². The predicted molar refractivity (Wildman–Crippen MR) is 87.6 cm³/mol. The van der Waals surface area contributed by atoms with Crippen molar-refractivity contribution in [1.29, 1.82) is 0 Å². The summed E-state index contributed by atoms with van der Waals surface area (Å²) in [5.74, 6) is 0.519. The minimum Gasteiger partial charge on any atom is -0.330 e. The molecule has 1 aliphatic rings. The van der Waals surface area contributed by atoms with E-state index in [0.29, 0.717) is 30.1 Å². The van der Waals surface area contributed by atoms with Gasteiger partial charge in [0.2, 0.25) is 5.91 Å². The van der Waals surface area contributed by atoms with Gasteiger partial charge in [-0.1, -0.05) is 18.0 Å². The molecule has 21 heavy (non-hydrogen) atoms. The first kappa shape index (κ1) is 16.3. The average molecular weight is 310 g/mol. The standard InChI is InChI=1S/C16H24ClN3O/c1-11-8-13(17)6-7-14(11)19-16(21)10-20(2)15-5-3-4-12(15)9-18/h6-8,12,15H,3-5,9-10,18H2,1-2H3,(H,19,21). The average Bonchev–Trinajstić information content (AvgIpc) is 2.90. The lowest BCUT2D eigenvalue weighted by atomic mass is 10.0. The summed E-state index contributed by atoms with van der Waals surface area (Å²) in [5, 5.41) is 3.63. The van der Waals surface area contributed by atoms with Crippen molar-refractivity contribution in [1.82, 2.24) is 4.90 Å². The van der Waals surface area contributed by atoms with Crippen LogP contribution in [0.3, 0.4) is 0 Å². The molecule has 0 saturated heterocycles. The molecule has 0 aliphatic heterocycles. The van der Waals surface area contributed by atoms with Crippen molar-refractivity contribution < 1.29 is 4.79 Å². The molecule has 2 unspecified atom stereocenters. The Hall–Kier alpha value is -1.10. The summed E-state index contributed by atoms with van der Waals surface area (Å²) in [5.41, 5.74) is 7.60. The fourth-order valence-corrected chi connectivity index (χ4v) is 3.40. The number of hydrogen-bond acceptors (Lipinski definition) is 3. The number of benzene rings is 1. The molecule has 4 nitrogen and oxygen atoms in total. The monoisotopic (exact) mass is 309 g/mol. The van der Waals surface area contributed by atoms with Crippen molar-refractivity contribution in [3.05, 3.63) is 28.8 Å². The van der Waals surface area contributed by atoms with Gasteiger partial charge in [-0.05, 0) is 63.0 Å². The molecule has 1 aliphatic carbocycles. The quantitative estimate of drug-likeness (QED) is 0.879. The predicted octanol–water partition coefficient (Wildman–Crippen LogP) is 2.65. The van der Waals surface area contributed by atoms with Gasteiger partial charge in [-0.25, -0.2) is 0 Å². The molecule has 0 bridgehead atoms. The molecule has 0 radical (unpaired) electrons. The number of rotatable bonds is 5. The van der Waals surface area contributed by atoms with Gasteiger partial charge >= 0.3 is 0 Å². The van der Waals surface area contributed by atoms with Gasteiger partial charge in [-0.15, -0.1) is 0 Å². The molecule has 3 N–H and O–H groups in total. The first-order chi connectivity index (χ1) is 10.0. The molecule has 1 fully saturated rings. The van der Waals surface area contributed by atoms with Crippen LogP contribution in [0.25, 0.3) is 0 Å². The number of carbonyl (C=O) groups excluding carboxylic acids is 1. The molecule has 2 rings (SSSR count). The van der Waals surface area contributed by atoms with Crippen LogP contribution < -0.4 is 11.1 Å². The van der Waals surface area contributed by atoms with Crippen molar-refractivity contribution in [3.8, 4) is 0 Å². The molecule has 1 aromatic carbocycles. The van der Waals surface area contributed by atoms with Gasteiger partial charge in [-0.2, -0.15) is 0 Å². The van der Waals surface area contributed by atoms with Gasteiger partial charge in [0.1, 0.15) is 0 Å². The summed E-state index contributed by atoms with van der Waals surface area (Å²) >= 11 is 5.92. The number of nitrogens with one attached hydrogen (secondary N) is 1. The van der Waals surface area contributed by atoms with E-state index in [1.807, 2.05) is 26.1 Å². The number of nitrogens with two attached hydrogens (primary N) is 1. The molecule has 0 heterocycles. The lowest BCUT2D eigenvalue weighted by Crippen LogP contribution is -2.41. The third kappa shape index (κ3) is 4.19. The maximum absolute atomic E-state index is 12.2. The zero-order valence-electron chi connectivity index (χ0n) is 12.7. The highest BCUT2D eigenvalue weighted by Crippen LogP contribution is 2.28. The van der Waals surface area contributed by atoms with E-state index in [9.17, 15) is 4.79 Å². The maximum atomic E-state index is 12.2. The minimum atomic E-state index is 0.00518. The summed E-state index contributed by atoms with van der Waals surface area (Å²) < 4.78 is 0. The highest BCUT2D eigenvalue weighted by molar-refractivity contribution is 6.30. The van der Waals surface area contributed by atoms with E-state index in [4.69, 9.17) is 17.3 Å². The van der Waals surface area contributed by atoms with Gasteiger partial charge in [0.05, 0.1) is 6.54 Å². The fourth-order valence-electron chi connectivity index (χ4n) is 3.17. The summed E-state index contributed by atoms with van der Waals surface area (Å²) in [7, 11) is 2.01. The number of aryl methyl sites for hydroxylation is 1. The second-order valence-corrected chi connectivity index (χ2v) is 6.35. The normalized spacial score (nSPS) is 21.8. The minimum absolute atomic E-state index is 0.00518. The SMILES string of the molecule is Cc1cc(Cl)ccc1NC(=O)CN(C)C1CCCC1CN. The number of carbonyl (C=O) groups is 1. The second kappa shape index (κ2) is 7.25. The summed E-state index contributed by atoms with van der Waals surface area (Å²) in [6.07, 6.45) is 3.50. The Morgan fingerprint density at radius 3 is 2.90 bits per heavy atom. The number of hydrogen-bond donors (Lipinski definition) is 2. The van der Waals surface area contributed by atoms with Gasteiger partial charge in [0, 0.05) is 16.8 Å². The molecular formula is C16H24ClN3O. The van der Waals surface area contributed by atoms with E-state index in [2.05, 4.69) is 10.2 Å². The molecule has 0 spiro atoms. The number of amides is 1. The molecule has 1 saturated carbocycles. The van der Waals surface area contributed by atoms with E-state index in [-0.39, 0.29) is 5.91 Å². The van der Waals surface area contributed by atoms with Gasteiger partial charge in [-0.3, -0.25) is 9.69 Å². The Morgan fingerprint density at radius 1 is 1.48 bits per heavy atom. The third-order valence-corrected chi connectivity index (χ3v) is 4.58. The lowest BCUT2D eigenvalue weighted by Gasteiger charge is -2.28. The maximum Gasteiger partial charge on any atom is 0.238 e. The van der Waals surface area contributed by atoms with Crippen molar-refractivity contribution in [3.63, 3.8) is 0 Å². The molecule has 2 atom stereocenters. The van der Waals surface area contributed by atoms with Gasteiger partial charge < -0.3 is 11.1 Å². The van der Waals surface area contributed by atoms with Crippen LogP contribution in [0.2, 0.25) is 5.02 Å². The van der Waals surface area contributed by atoms with Crippen molar-refractivity contribution in [2.24, 2.45) is 11.7 Å². The molecular weight excluding hydrogens is 286 g/mol. The zero-order valence-corrected chi connectivity index (χ0v) is 13.5. The largest absolute Gasteiger partial charge is 0.330 e.